The standard InChI is InChI=1S/C18H22N4O6S/c1-10-16(12(3)23)11(2)21-17(10)18(24)20-8-7-19-14-6-5-13(29(4,27)28)9-15(14)22(25)26/h5-6,9,19,21H,7-8H2,1-4H3,(H,20,24). The molecule has 0 radical (unpaired) electrons. The topological polar surface area (TPSA) is 151 Å². The fourth-order valence-electron chi connectivity index (χ4n) is 3.01. The van der Waals surface area contributed by atoms with Gasteiger partial charge in [0, 0.05) is 36.7 Å². The van der Waals surface area contributed by atoms with Crippen LogP contribution in [0.5, 0.6) is 0 Å². The number of aromatic nitrogens is 1. The van der Waals surface area contributed by atoms with Crippen LogP contribution in [0.2, 0.25) is 0 Å². The zero-order valence-electron chi connectivity index (χ0n) is 16.5. The van der Waals surface area contributed by atoms with Crippen molar-refractivity contribution in [1.29, 1.82) is 0 Å². The van der Waals surface area contributed by atoms with Crippen LogP contribution in [0, 0.1) is 24.0 Å². The number of ketones is 1. The summed E-state index contributed by atoms with van der Waals surface area (Å²) in [7, 11) is -3.57. The molecule has 0 saturated carbocycles. The van der Waals surface area contributed by atoms with Crippen LogP contribution in [0.15, 0.2) is 23.1 Å². The zero-order chi connectivity index (χ0) is 21.9. The highest BCUT2D eigenvalue weighted by molar-refractivity contribution is 7.90. The van der Waals surface area contributed by atoms with Gasteiger partial charge in [-0.25, -0.2) is 8.42 Å². The van der Waals surface area contributed by atoms with Gasteiger partial charge in [0.1, 0.15) is 11.4 Å². The third kappa shape index (κ3) is 4.99. The van der Waals surface area contributed by atoms with Crippen LogP contribution in [0.25, 0.3) is 0 Å². The number of carbonyl (C=O) groups excluding carboxylic acids is 2. The molecule has 1 heterocycles. The smallest absolute Gasteiger partial charge is 0.293 e. The lowest BCUT2D eigenvalue weighted by molar-refractivity contribution is -0.384. The number of nitro groups is 1. The van der Waals surface area contributed by atoms with Gasteiger partial charge < -0.3 is 15.6 Å². The average molecular weight is 422 g/mol. The van der Waals surface area contributed by atoms with E-state index in [2.05, 4.69) is 15.6 Å². The summed E-state index contributed by atoms with van der Waals surface area (Å²) in [6.45, 7) is 5.14. The van der Waals surface area contributed by atoms with Crippen LogP contribution >= 0.6 is 0 Å². The van der Waals surface area contributed by atoms with Gasteiger partial charge in [0.25, 0.3) is 11.6 Å². The molecule has 0 unspecified atom stereocenters. The molecule has 2 rings (SSSR count). The van der Waals surface area contributed by atoms with Crippen LogP contribution in [0.3, 0.4) is 0 Å². The van der Waals surface area contributed by atoms with E-state index in [1.807, 2.05) is 0 Å². The van der Waals surface area contributed by atoms with Gasteiger partial charge >= 0.3 is 0 Å². The first-order valence-electron chi connectivity index (χ1n) is 8.64. The van der Waals surface area contributed by atoms with Crippen LogP contribution in [-0.2, 0) is 9.84 Å². The zero-order valence-corrected chi connectivity index (χ0v) is 17.3. The van der Waals surface area contributed by atoms with E-state index in [9.17, 15) is 28.1 Å². The summed E-state index contributed by atoms with van der Waals surface area (Å²) in [6, 6.07) is 3.58. The molecule has 1 aromatic carbocycles. The number of nitro benzene ring substituents is 1. The number of hydrogen-bond acceptors (Lipinski definition) is 7. The van der Waals surface area contributed by atoms with Gasteiger partial charge in [0.05, 0.1) is 9.82 Å². The van der Waals surface area contributed by atoms with Crippen LogP contribution in [-0.4, -0.2) is 49.4 Å². The van der Waals surface area contributed by atoms with E-state index in [4.69, 9.17) is 0 Å². The molecule has 1 aromatic heterocycles. The molecule has 3 N–H and O–H groups in total. The highest BCUT2D eigenvalue weighted by atomic mass is 32.2. The number of hydrogen-bond donors (Lipinski definition) is 3. The van der Waals surface area contributed by atoms with Crippen LogP contribution < -0.4 is 10.6 Å². The first-order chi connectivity index (χ1) is 13.4. The van der Waals surface area contributed by atoms with Crippen molar-refractivity contribution in [2.24, 2.45) is 0 Å². The maximum atomic E-state index is 12.3. The third-order valence-corrected chi connectivity index (χ3v) is 5.45. The van der Waals surface area contributed by atoms with Gasteiger partial charge in [-0.15, -0.1) is 0 Å². The molecular weight excluding hydrogens is 400 g/mol. The molecule has 0 aliphatic heterocycles. The van der Waals surface area contributed by atoms with Crippen LogP contribution in [0.1, 0.15) is 39.0 Å². The Morgan fingerprint density at radius 3 is 2.38 bits per heavy atom. The molecule has 0 aliphatic rings. The number of rotatable bonds is 8. The summed E-state index contributed by atoms with van der Waals surface area (Å²) in [6.07, 6.45) is 0.969. The summed E-state index contributed by atoms with van der Waals surface area (Å²) in [5, 5.41) is 16.7. The monoisotopic (exact) mass is 422 g/mol. The molecule has 0 saturated heterocycles. The molecule has 1 amide bonds. The van der Waals surface area contributed by atoms with Gasteiger partial charge in [-0.2, -0.15) is 0 Å². The van der Waals surface area contributed by atoms with Gasteiger partial charge in [-0.3, -0.25) is 19.7 Å². The molecule has 29 heavy (non-hydrogen) atoms. The van der Waals surface area contributed by atoms with Gasteiger partial charge in [0.2, 0.25) is 0 Å². The number of H-pyrrole nitrogens is 1. The molecular formula is C18H22N4O6S. The number of carbonyl (C=O) groups is 2. The van der Waals surface area contributed by atoms with Crippen molar-refractivity contribution in [3.05, 3.63) is 50.8 Å². The predicted molar refractivity (Wildman–Crippen MR) is 107 cm³/mol. The molecule has 2 aromatic rings. The van der Waals surface area contributed by atoms with Gasteiger partial charge in [-0.05, 0) is 38.5 Å². The average Bonchev–Trinajstić information content (AvgIpc) is 2.92. The third-order valence-electron chi connectivity index (χ3n) is 4.34. The van der Waals surface area contributed by atoms with Crippen LogP contribution in [0.4, 0.5) is 11.4 Å². The van der Waals surface area contributed by atoms with Gasteiger partial charge in [0.15, 0.2) is 15.6 Å². The number of aryl methyl sites for hydroxylation is 1. The minimum atomic E-state index is -3.57. The number of sulfone groups is 1. The van der Waals surface area contributed by atoms with Crippen molar-refractivity contribution >= 4 is 32.9 Å². The second kappa shape index (κ2) is 8.43. The largest absolute Gasteiger partial charge is 0.378 e. The van der Waals surface area contributed by atoms with E-state index in [0.717, 1.165) is 12.3 Å². The van der Waals surface area contributed by atoms with E-state index in [0.29, 0.717) is 16.8 Å². The summed E-state index contributed by atoms with van der Waals surface area (Å²) >= 11 is 0. The lowest BCUT2D eigenvalue weighted by atomic mass is 10.1. The molecule has 0 atom stereocenters. The predicted octanol–water partition coefficient (Wildman–Crippen LogP) is 1.99. The second-order valence-electron chi connectivity index (χ2n) is 6.57. The van der Waals surface area contributed by atoms with Gasteiger partial charge in [-0.1, -0.05) is 0 Å². The first kappa shape index (κ1) is 22.1. The van der Waals surface area contributed by atoms with E-state index >= 15 is 0 Å². The lowest BCUT2D eigenvalue weighted by Gasteiger charge is -2.09. The quantitative estimate of drug-likeness (QED) is 0.255. The molecule has 0 bridgehead atoms. The molecule has 0 spiro atoms. The maximum Gasteiger partial charge on any atom is 0.293 e. The molecule has 10 nitrogen and oxygen atoms in total. The van der Waals surface area contributed by atoms with E-state index in [1.165, 1.54) is 19.1 Å². The number of amides is 1. The minimum Gasteiger partial charge on any atom is -0.378 e. The van der Waals surface area contributed by atoms with Crippen molar-refractivity contribution in [3.8, 4) is 0 Å². The Hall–Kier alpha value is -3.21. The molecule has 156 valence electrons. The number of anilines is 1. The fraction of sp³-hybridized carbons (Fsp3) is 0.333. The molecule has 0 aliphatic carbocycles. The number of nitrogens with zero attached hydrogens (tertiary/aromatic N) is 1. The summed E-state index contributed by atoms with van der Waals surface area (Å²) in [5.74, 6) is -0.538. The van der Waals surface area contributed by atoms with Crippen molar-refractivity contribution in [2.75, 3.05) is 24.7 Å². The van der Waals surface area contributed by atoms with Crippen molar-refractivity contribution in [1.82, 2.24) is 10.3 Å². The Morgan fingerprint density at radius 1 is 1.21 bits per heavy atom. The normalized spacial score (nSPS) is 11.2. The number of Topliss-reactive ketones (excluding diaryl/α,β-unsaturated/α-hetero) is 1. The van der Waals surface area contributed by atoms with Crippen molar-refractivity contribution in [2.45, 2.75) is 25.7 Å². The molecule has 11 heteroatoms. The van der Waals surface area contributed by atoms with Crippen molar-refractivity contribution < 1.29 is 22.9 Å². The fourth-order valence-corrected chi connectivity index (χ4v) is 3.65. The summed E-state index contributed by atoms with van der Waals surface area (Å²) < 4.78 is 23.1. The molecule has 0 fully saturated rings. The second-order valence-corrected chi connectivity index (χ2v) is 8.59. The Kier molecular flexibility index (Phi) is 6.42. The van der Waals surface area contributed by atoms with E-state index < -0.39 is 20.7 Å². The summed E-state index contributed by atoms with van der Waals surface area (Å²) in [5.41, 5.74) is 1.71. The highest BCUT2D eigenvalue weighted by Gasteiger charge is 2.20. The first-order valence-corrected chi connectivity index (χ1v) is 10.5. The minimum absolute atomic E-state index is 0.137. The van der Waals surface area contributed by atoms with Crippen molar-refractivity contribution in [3.63, 3.8) is 0 Å². The lowest BCUT2D eigenvalue weighted by Crippen LogP contribution is -2.29. The Labute approximate surface area is 167 Å². The SMILES string of the molecule is CC(=O)c1c(C)[nH]c(C(=O)NCCNc2ccc(S(C)(=O)=O)cc2[N+](=O)[O-])c1C. The Balaban J connectivity index is 2.04. The number of benzene rings is 1. The Morgan fingerprint density at radius 2 is 1.86 bits per heavy atom. The van der Waals surface area contributed by atoms with E-state index in [-0.39, 0.29) is 40.8 Å². The van der Waals surface area contributed by atoms with E-state index in [1.54, 1.807) is 13.8 Å². The number of nitrogens with one attached hydrogen (secondary N) is 3. The summed E-state index contributed by atoms with van der Waals surface area (Å²) in [4.78, 5) is 37.3. The highest BCUT2D eigenvalue weighted by Crippen LogP contribution is 2.27. The number of aromatic amines is 1. The Bertz CT molecular complexity index is 1090. The maximum absolute atomic E-state index is 12.3.